The Morgan fingerprint density at radius 3 is 3.17 bits per heavy atom. The van der Waals surface area contributed by atoms with Crippen LogP contribution in [0.2, 0.25) is 0 Å². The Bertz CT molecular complexity index is 350. The van der Waals surface area contributed by atoms with E-state index in [1.807, 2.05) is 0 Å². The summed E-state index contributed by atoms with van der Waals surface area (Å²) in [6.45, 7) is 0. The van der Waals surface area contributed by atoms with E-state index < -0.39 is 5.91 Å². The molecule has 5 nitrogen and oxygen atoms in total. The highest BCUT2D eigenvalue weighted by Crippen LogP contribution is 2.07. The Balaban J connectivity index is 2.41. The fourth-order valence-corrected chi connectivity index (χ4v) is 0.999. The SMILES string of the molecule is NC1=NC2C=CC=NC2=NC1=O. The van der Waals surface area contributed by atoms with E-state index in [0.29, 0.717) is 5.84 Å². The van der Waals surface area contributed by atoms with Gasteiger partial charge < -0.3 is 5.73 Å². The van der Waals surface area contributed by atoms with Crippen molar-refractivity contribution < 1.29 is 4.79 Å². The van der Waals surface area contributed by atoms with Crippen molar-refractivity contribution in [1.29, 1.82) is 0 Å². The normalized spacial score (nSPS) is 26.3. The molecule has 12 heavy (non-hydrogen) atoms. The van der Waals surface area contributed by atoms with Gasteiger partial charge in [-0.3, -0.25) is 4.79 Å². The first-order valence-corrected chi connectivity index (χ1v) is 3.44. The molecule has 2 N–H and O–H groups in total. The van der Waals surface area contributed by atoms with Gasteiger partial charge in [0.25, 0.3) is 0 Å². The zero-order valence-corrected chi connectivity index (χ0v) is 6.14. The molecule has 2 heterocycles. The number of dihydropyridines is 1. The lowest BCUT2D eigenvalue weighted by Crippen LogP contribution is -2.33. The van der Waals surface area contributed by atoms with Crippen molar-refractivity contribution in [3.63, 3.8) is 0 Å². The van der Waals surface area contributed by atoms with E-state index in [9.17, 15) is 4.79 Å². The molecular formula is C7H6N4O. The van der Waals surface area contributed by atoms with Crippen LogP contribution in [0.25, 0.3) is 0 Å². The maximum atomic E-state index is 10.9. The fourth-order valence-electron chi connectivity index (χ4n) is 0.999. The van der Waals surface area contributed by atoms with Crippen LogP contribution >= 0.6 is 0 Å². The largest absolute Gasteiger partial charge is 0.379 e. The summed E-state index contributed by atoms with van der Waals surface area (Å²) in [5, 5.41) is 0. The average Bonchev–Trinajstić information content (AvgIpc) is 2.07. The highest BCUT2D eigenvalue weighted by Gasteiger charge is 2.22. The van der Waals surface area contributed by atoms with Crippen LogP contribution in [0.1, 0.15) is 0 Å². The van der Waals surface area contributed by atoms with Crippen LogP contribution in [-0.2, 0) is 4.79 Å². The van der Waals surface area contributed by atoms with Crippen molar-refractivity contribution >= 4 is 23.8 Å². The second-order valence-electron chi connectivity index (χ2n) is 2.40. The number of nitrogens with two attached hydrogens (primary N) is 1. The number of rotatable bonds is 0. The second-order valence-corrected chi connectivity index (χ2v) is 2.40. The summed E-state index contributed by atoms with van der Waals surface area (Å²) in [7, 11) is 0. The average molecular weight is 162 g/mol. The first-order chi connectivity index (χ1) is 5.77. The van der Waals surface area contributed by atoms with E-state index in [1.54, 1.807) is 18.4 Å². The van der Waals surface area contributed by atoms with Crippen LogP contribution < -0.4 is 5.73 Å². The third-order valence-corrected chi connectivity index (χ3v) is 1.56. The summed E-state index contributed by atoms with van der Waals surface area (Å²) in [4.78, 5) is 22.4. The zero-order chi connectivity index (χ0) is 8.55. The van der Waals surface area contributed by atoms with Crippen molar-refractivity contribution in [2.75, 3.05) is 0 Å². The van der Waals surface area contributed by atoms with Crippen molar-refractivity contribution in [1.82, 2.24) is 0 Å². The quantitative estimate of drug-likeness (QED) is 0.510. The Morgan fingerprint density at radius 2 is 2.33 bits per heavy atom. The van der Waals surface area contributed by atoms with Crippen molar-refractivity contribution in [2.24, 2.45) is 20.7 Å². The van der Waals surface area contributed by atoms with Crippen molar-refractivity contribution in [2.45, 2.75) is 6.04 Å². The molecule has 1 atom stereocenters. The van der Waals surface area contributed by atoms with Gasteiger partial charge >= 0.3 is 5.91 Å². The molecular weight excluding hydrogens is 156 g/mol. The Morgan fingerprint density at radius 1 is 1.50 bits per heavy atom. The summed E-state index contributed by atoms with van der Waals surface area (Å²) in [5.74, 6) is -0.143. The van der Waals surface area contributed by atoms with Crippen molar-refractivity contribution in [3.8, 4) is 0 Å². The molecule has 0 aromatic carbocycles. The van der Waals surface area contributed by atoms with E-state index in [0.717, 1.165) is 0 Å². The molecule has 2 rings (SSSR count). The second kappa shape index (κ2) is 2.37. The highest BCUT2D eigenvalue weighted by atomic mass is 16.1. The number of nitrogens with zero attached hydrogens (tertiary/aromatic N) is 3. The van der Waals surface area contributed by atoms with Gasteiger partial charge in [0, 0.05) is 6.21 Å². The molecule has 0 bridgehead atoms. The Kier molecular flexibility index (Phi) is 1.36. The van der Waals surface area contributed by atoms with Crippen LogP contribution in [-0.4, -0.2) is 29.8 Å². The highest BCUT2D eigenvalue weighted by molar-refractivity contribution is 6.41. The summed E-state index contributed by atoms with van der Waals surface area (Å²) in [6, 6.07) is -0.271. The molecule has 0 aromatic heterocycles. The van der Waals surface area contributed by atoms with Crippen LogP contribution in [0, 0.1) is 0 Å². The van der Waals surface area contributed by atoms with Gasteiger partial charge in [-0.1, -0.05) is 6.08 Å². The predicted molar refractivity (Wildman–Crippen MR) is 45.5 cm³/mol. The van der Waals surface area contributed by atoms with Gasteiger partial charge in [0.2, 0.25) is 0 Å². The number of carbonyl (C=O) groups excluding carboxylic acids is 1. The predicted octanol–water partition coefficient (Wildman–Crippen LogP) is -0.709. The monoisotopic (exact) mass is 162 g/mol. The topological polar surface area (TPSA) is 80.2 Å². The molecule has 1 unspecified atom stereocenters. The van der Waals surface area contributed by atoms with Gasteiger partial charge in [0.05, 0.1) is 0 Å². The van der Waals surface area contributed by atoms with Gasteiger partial charge in [-0.05, 0) is 6.08 Å². The van der Waals surface area contributed by atoms with Gasteiger partial charge in [-0.15, -0.1) is 0 Å². The molecule has 1 amide bonds. The first kappa shape index (κ1) is 6.90. The number of hydrogen-bond donors (Lipinski definition) is 1. The summed E-state index contributed by atoms with van der Waals surface area (Å²) >= 11 is 0. The molecule has 0 fully saturated rings. The van der Waals surface area contributed by atoms with E-state index >= 15 is 0 Å². The first-order valence-electron chi connectivity index (χ1n) is 3.44. The molecule has 0 aliphatic carbocycles. The molecule has 0 saturated heterocycles. The molecule has 60 valence electrons. The smallest absolute Gasteiger partial charge is 0.313 e. The molecule has 2 aliphatic heterocycles. The van der Waals surface area contributed by atoms with E-state index in [1.165, 1.54) is 0 Å². The van der Waals surface area contributed by atoms with E-state index in [4.69, 9.17) is 5.73 Å². The minimum atomic E-state index is -0.506. The number of allylic oxidation sites excluding steroid dienone is 1. The third-order valence-electron chi connectivity index (χ3n) is 1.56. The minimum Gasteiger partial charge on any atom is -0.379 e. The van der Waals surface area contributed by atoms with Gasteiger partial charge in [-0.2, -0.15) is 4.99 Å². The van der Waals surface area contributed by atoms with Crippen LogP contribution in [0.4, 0.5) is 0 Å². The van der Waals surface area contributed by atoms with Crippen LogP contribution in [0.15, 0.2) is 27.1 Å². The van der Waals surface area contributed by atoms with Crippen LogP contribution in [0.3, 0.4) is 0 Å². The number of amidine groups is 2. The Hall–Kier alpha value is -1.78. The molecule has 2 aliphatic rings. The maximum Gasteiger partial charge on any atom is 0.313 e. The van der Waals surface area contributed by atoms with E-state index in [2.05, 4.69) is 15.0 Å². The number of aliphatic imine (C=N–C) groups is 3. The summed E-state index contributed by atoms with van der Waals surface area (Å²) in [5.41, 5.74) is 5.29. The van der Waals surface area contributed by atoms with Gasteiger partial charge in [-0.25, -0.2) is 9.98 Å². The maximum absolute atomic E-state index is 10.9. The molecule has 0 saturated carbocycles. The minimum absolute atomic E-state index is 0.0505. The van der Waals surface area contributed by atoms with Gasteiger partial charge in [0.1, 0.15) is 6.04 Å². The van der Waals surface area contributed by atoms with Gasteiger partial charge in [0.15, 0.2) is 11.7 Å². The molecule has 0 aromatic rings. The van der Waals surface area contributed by atoms with E-state index in [-0.39, 0.29) is 11.9 Å². The number of carbonyl (C=O) groups is 1. The Labute approximate surface area is 68.4 Å². The zero-order valence-electron chi connectivity index (χ0n) is 6.14. The third kappa shape index (κ3) is 0.952. The molecule has 0 spiro atoms. The number of amides is 1. The fraction of sp³-hybridized carbons (Fsp3) is 0.143. The lowest BCUT2D eigenvalue weighted by Gasteiger charge is -2.14. The lowest BCUT2D eigenvalue weighted by atomic mass is 10.2. The standard InChI is InChI=1S/C7H6N4O/c8-5-7(12)11-6-4(10-5)2-1-3-9-6/h1-4H,(H2,8,10). The molecule has 5 heteroatoms. The summed E-state index contributed by atoms with van der Waals surface area (Å²) < 4.78 is 0. The number of fused-ring (bicyclic) bond motifs is 1. The van der Waals surface area contributed by atoms with Crippen molar-refractivity contribution in [3.05, 3.63) is 12.2 Å². The van der Waals surface area contributed by atoms with Crippen LogP contribution in [0.5, 0.6) is 0 Å². The molecule has 0 radical (unpaired) electrons. The lowest BCUT2D eigenvalue weighted by molar-refractivity contribution is -0.112. The number of hydrogen-bond acceptors (Lipinski definition) is 4. The summed E-state index contributed by atoms with van der Waals surface area (Å²) in [6.07, 6.45) is 5.10.